The molecule has 0 aromatic carbocycles. The Balaban J connectivity index is 1.80. The Hall–Kier alpha value is -1.49. The molecule has 1 atom stereocenters. The molecule has 1 unspecified atom stereocenters. The zero-order chi connectivity index (χ0) is 13.0. The summed E-state index contributed by atoms with van der Waals surface area (Å²) in [6.45, 7) is 6.03. The number of amides is 1. The van der Waals surface area contributed by atoms with Gasteiger partial charge in [0.2, 0.25) is 5.95 Å². The van der Waals surface area contributed by atoms with Crippen molar-refractivity contribution >= 4 is 5.91 Å². The maximum Gasteiger partial charge on any atom is 0.252 e. The number of nitrogens with one attached hydrogen (secondary N) is 1. The molecule has 2 heterocycles. The van der Waals surface area contributed by atoms with Crippen molar-refractivity contribution in [3.63, 3.8) is 0 Å². The lowest BCUT2D eigenvalue weighted by atomic mass is 10.1. The highest BCUT2D eigenvalue weighted by atomic mass is 19.1. The van der Waals surface area contributed by atoms with E-state index in [1.807, 2.05) is 0 Å². The Morgan fingerprint density at radius 3 is 3.06 bits per heavy atom. The van der Waals surface area contributed by atoms with E-state index in [4.69, 9.17) is 0 Å². The summed E-state index contributed by atoms with van der Waals surface area (Å²) in [6.07, 6.45) is 2.38. The fraction of sp³-hybridized carbons (Fsp3) is 0.538. The average molecular weight is 251 g/mol. The van der Waals surface area contributed by atoms with Crippen LogP contribution in [-0.4, -0.2) is 42.0 Å². The zero-order valence-electron chi connectivity index (χ0n) is 10.5. The van der Waals surface area contributed by atoms with Crippen LogP contribution < -0.4 is 5.32 Å². The van der Waals surface area contributed by atoms with Crippen LogP contribution in [0.5, 0.6) is 0 Å². The van der Waals surface area contributed by atoms with Crippen LogP contribution >= 0.6 is 0 Å². The second-order valence-corrected chi connectivity index (χ2v) is 4.63. The van der Waals surface area contributed by atoms with E-state index >= 15 is 0 Å². The van der Waals surface area contributed by atoms with Gasteiger partial charge in [-0.2, -0.15) is 4.39 Å². The fourth-order valence-corrected chi connectivity index (χ4v) is 2.22. The monoisotopic (exact) mass is 251 g/mol. The van der Waals surface area contributed by atoms with Crippen LogP contribution in [-0.2, 0) is 0 Å². The molecule has 18 heavy (non-hydrogen) atoms. The third-order valence-corrected chi connectivity index (χ3v) is 3.36. The molecule has 98 valence electrons. The van der Waals surface area contributed by atoms with Gasteiger partial charge in [0.1, 0.15) is 0 Å². The number of likely N-dealkylation sites (tertiary alicyclic amines) is 1. The number of pyridine rings is 1. The fourth-order valence-electron chi connectivity index (χ4n) is 2.22. The van der Waals surface area contributed by atoms with Crippen molar-refractivity contribution in [3.8, 4) is 0 Å². The van der Waals surface area contributed by atoms with Crippen LogP contribution in [0.25, 0.3) is 0 Å². The van der Waals surface area contributed by atoms with Gasteiger partial charge in [0.05, 0.1) is 5.56 Å². The van der Waals surface area contributed by atoms with Gasteiger partial charge in [0.15, 0.2) is 0 Å². The number of halogens is 1. The van der Waals surface area contributed by atoms with E-state index in [0.29, 0.717) is 18.0 Å². The number of hydrogen-bond acceptors (Lipinski definition) is 3. The molecule has 1 fully saturated rings. The first-order valence-corrected chi connectivity index (χ1v) is 6.31. The molecule has 1 saturated heterocycles. The van der Waals surface area contributed by atoms with Gasteiger partial charge < -0.3 is 10.2 Å². The first kappa shape index (κ1) is 13.0. The van der Waals surface area contributed by atoms with E-state index in [-0.39, 0.29) is 5.91 Å². The predicted molar refractivity (Wildman–Crippen MR) is 66.7 cm³/mol. The highest BCUT2D eigenvalue weighted by Crippen LogP contribution is 2.14. The van der Waals surface area contributed by atoms with Gasteiger partial charge in [0.25, 0.3) is 5.91 Å². The summed E-state index contributed by atoms with van der Waals surface area (Å²) in [5, 5.41) is 2.88. The summed E-state index contributed by atoms with van der Waals surface area (Å²) in [5.74, 6) is -0.235. The lowest BCUT2D eigenvalue weighted by Crippen LogP contribution is -2.31. The third kappa shape index (κ3) is 3.26. The first-order valence-electron chi connectivity index (χ1n) is 6.31. The molecule has 1 aliphatic rings. The van der Waals surface area contributed by atoms with Gasteiger partial charge in [0, 0.05) is 19.3 Å². The van der Waals surface area contributed by atoms with Gasteiger partial charge in [-0.25, -0.2) is 4.98 Å². The predicted octanol–water partition coefficient (Wildman–Crippen LogP) is 1.29. The number of carbonyl (C=O) groups excluding carboxylic acids is 1. The van der Waals surface area contributed by atoms with Crippen molar-refractivity contribution in [3.05, 3.63) is 29.8 Å². The molecule has 1 aromatic heterocycles. The van der Waals surface area contributed by atoms with Crippen LogP contribution in [0.3, 0.4) is 0 Å². The number of carbonyl (C=O) groups is 1. The van der Waals surface area contributed by atoms with Crippen LogP contribution in [0.4, 0.5) is 4.39 Å². The van der Waals surface area contributed by atoms with Gasteiger partial charge in [-0.05, 0) is 37.6 Å². The minimum atomic E-state index is -0.569. The summed E-state index contributed by atoms with van der Waals surface area (Å²) in [7, 11) is 0. The zero-order valence-corrected chi connectivity index (χ0v) is 10.5. The van der Waals surface area contributed by atoms with Crippen LogP contribution in [0.15, 0.2) is 18.3 Å². The summed E-state index contributed by atoms with van der Waals surface area (Å²) >= 11 is 0. The van der Waals surface area contributed by atoms with Gasteiger partial charge >= 0.3 is 0 Å². The largest absolute Gasteiger partial charge is 0.352 e. The Labute approximate surface area is 106 Å². The Morgan fingerprint density at radius 1 is 1.61 bits per heavy atom. The Bertz CT molecular complexity index is 407. The number of aromatic nitrogens is 1. The lowest BCUT2D eigenvalue weighted by molar-refractivity contribution is 0.0947. The molecule has 0 saturated carbocycles. The summed E-state index contributed by atoms with van der Waals surface area (Å²) in [5.41, 5.74) is 0.404. The lowest BCUT2D eigenvalue weighted by Gasteiger charge is -2.13. The van der Waals surface area contributed by atoms with Crippen molar-refractivity contribution < 1.29 is 9.18 Å². The molecule has 5 heteroatoms. The van der Waals surface area contributed by atoms with Crippen LogP contribution in [0.2, 0.25) is 0 Å². The molecule has 1 aromatic rings. The summed E-state index contributed by atoms with van der Waals surface area (Å²) < 4.78 is 12.6. The molecule has 0 bridgehead atoms. The van der Waals surface area contributed by atoms with Crippen molar-refractivity contribution in [1.29, 1.82) is 0 Å². The van der Waals surface area contributed by atoms with E-state index in [2.05, 4.69) is 22.1 Å². The van der Waals surface area contributed by atoms with Crippen molar-refractivity contribution in [2.24, 2.45) is 5.92 Å². The summed E-state index contributed by atoms with van der Waals surface area (Å²) in [4.78, 5) is 17.6. The van der Waals surface area contributed by atoms with Gasteiger partial charge in [-0.1, -0.05) is 6.92 Å². The molecular weight excluding hydrogens is 233 g/mol. The summed E-state index contributed by atoms with van der Waals surface area (Å²) in [6, 6.07) is 2.65. The van der Waals surface area contributed by atoms with E-state index in [0.717, 1.165) is 26.1 Å². The maximum absolute atomic E-state index is 12.6. The second-order valence-electron chi connectivity index (χ2n) is 4.63. The molecule has 2 rings (SSSR count). The molecule has 0 radical (unpaired) electrons. The maximum atomic E-state index is 12.6. The van der Waals surface area contributed by atoms with Crippen molar-refractivity contribution in [1.82, 2.24) is 15.2 Å². The normalized spacial score (nSPS) is 20.0. The van der Waals surface area contributed by atoms with Gasteiger partial charge in [-0.15, -0.1) is 0 Å². The van der Waals surface area contributed by atoms with E-state index in [1.165, 1.54) is 18.3 Å². The third-order valence-electron chi connectivity index (χ3n) is 3.36. The van der Waals surface area contributed by atoms with E-state index in [9.17, 15) is 9.18 Å². The smallest absolute Gasteiger partial charge is 0.252 e. The Kier molecular flexibility index (Phi) is 4.25. The quantitative estimate of drug-likeness (QED) is 0.820. The average Bonchev–Trinajstić information content (AvgIpc) is 2.85. The molecule has 0 spiro atoms. The number of rotatable bonds is 4. The van der Waals surface area contributed by atoms with Crippen molar-refractivity contribution in [2.45, 2.75) is 13.3 Å². The van der Waals surface area contributed by atoms with Crippen LogP contribution in [0.1, 0.15) is 23.7 Å². The molecule has 0 aliphatic carbocycles. The van der Waals surface area contributed by atoms with E-state index < -0.39 is 5.95 Å². The van der Waals surface area contributed by atoms with Gasteiger partial charge in [-0.3, -0.25) is 4.79 Å². The molecule has 4 nitrogen and oxygen atoms in total. The number of hydrogen-bond donors (Lipinski definition) is 1. The first-order chi connectivity index (χ1) is 8.69. The SMILES string of the molecule is CCN1CCC(CNC(=O)c2ccc(F)nc2)C1. The van der Waals surface area contributed by atoms with E-state index in [1.54, 1.807) is 0 Å². The molecule has 1 aliphatic heterocycles. The minimum absolute atomic E-state index is 0.183. The molecule has 1 amide bonds. The topological polar surface area (TPSA) is 45.2 Å². The highest BCUT2D eigenvalue weighted by molar-refractivity contribution is 5.93. The highest BCUT2D eigenvalue weighted by Gasteiger charge is 2.21. The van der Waals surface area contributed by atoms with Crippen molar-refractivity contribution in [2.75, 3.05) is 26.2 Å². The number of nitrogens with zero attached hydrogens (tertiary/aromatic N) is 2. The standard InChI is InChI=1S/C13H18FN3O/c1-2-17-6-5-10(9-17)7-16-13(18)11-3-4-12(14)15-8-11/h3-4,8,10H,2,5-7,9H2,1H3,(H,16,18). The Morgan fingerprint density at radius 2 is 2.44 bits per heavy atom. The molecule has 1 N–H and O–H groups in total. The minimum Gasteiger partial charge on any atom is -0.352 e. The molecular formula is C13H18FN3O. The van der Waals surface area contributed by atoms with Crippen LogP contribution in [0, 0.1) is 11.9 Å². The second kappa shape index (κ2) is 5.91.